The predicted octanol–water partition coefficient (Wildman–Crippen LogP) is 4.18. The third-order valence-electron chi connectivity index (χ3n) is 3.05. The van der Waals surface area contributed by atoms with Gasteiger partial charge in [-0.25, -0.2) is 8.78 Å². The van der Waals surface area contributed by atoms with E-state index in [0.717, 1.165) is 21.8 Å². The fourth-order valence-electron chi connectivity index (χ4n) is 2.11. The SMILES string of the molecule is Cc1cc(-n2c(=O)cc(F)n3cccc23)ccc1Br.FCF. The number of rotatable bonds is 1. The van der Waals surface area contributed by atoms with Crippen LogP contribution in [0.1, 0.15) is 5.56 Å². The van der Waals surface area contributed by atoms with E-state index in [2.05, 4.69) is 15.9 Å². The summed E-state index contributed by atoms with van der Waals surface area (Å²) in [4.78, 5) is 12.0. The van der Waals surface area contributed by atoms with Gasteiger partial charge < -0.3 is 0 Å². The van der Waals surface area contributed by atoms with Crippen LogP contribution in [0.15, 0.2) is 51.9 Å². The second-order valence-electron chi connectivity index (χ2n) is 4.41. The van der Waals surface area contributed by atoms with E-state index < -0.39 is 12.9 Å². The van der Waals surface area contributed by atoms with Crippen molar-refractivity contribution < 1.29 is 13.2 Å². The number of hydrogen-bond donors (Lipinski definition) is 0. The van der Waals surface area contributed by atoms with Crippen LogP contribution in [-0.2, 0) is 0 Å². The molecule has 2 heterocycles. The first-order chi connectivity index (χ1) is 10.5. The molecule has 3 rings (SSSR count). The van der Waals surface area contributed by atoms with E-state index in [1.807, 2.05) is 25.1 Å². The number of nitrogens with zero attached hydrogens (tertiary/aromatic N) is 2. The zero-order valence-electron chi connectivity index (χ0n) is 11.6. The molecular formula is C15H12BrF3N2O. The number of benzene rings is 1. The molecule has 0 aliphatic carbocycles. The molecule has 22 heavy (non-hydrogen) atoms. The van der Waals surface area contributed by atoms with Crippen molar-refractivity contribution in [2.24, 2.45) is 0 Å². The molecule has 0 fully saturated rings. The summed E-state index contributed by atoms with van der Waals surface area (Å²) in [6.45, 7) is 0.192. The summed E-state index contributed by atoms with van der Waals surface area (Å²) in [5.74, 6) is -0.560. The summed E-state index contributed by atoms with van der Waals surface area (Å²) in [5, 5.41) is 0. The van der Waals surface area contributed by atoms with Crippen LogP contribution in [0.3, 0.4) is 0 Å². The van der Waals surface area contributed by atoms with E-state index >= 15 is 0 Å². The van der Waals surface area contributed by atoms with Crippen LogP contribution in [0.25, 0.3) is 11.3 Å². The molecule has 0 aliphatic heterocycles. The largest absolute Gasteiger partial charge is 0.279 e. The average molecular weight is 373 g/mol. The first-order valence-corrected chi connectivity index (χ1v) is 7.06. The Balaban J connectivity index is 0.000000545. The lowest BCUT2D eigenvalue weighted by Crippen LogP contribution is -2.21. The Morgan fingerprint density at radius 3 is 2.50 bits per heavy atom. The van der Waals surface area contributed by atoms with Crippen LogP contribution in [0.5, 0.6) is 0 Å². The molecule has 7 heteroatoms. The van der Waals surface area contributed by atoms with Crippen molar-refractivity contribution in [3.05, 3.63) is 68.9 Å². The summed E-state index contributed by atoms with van der Waals surface area (Å²) < 4.78 is 36.7. The predicted molar refractivity (Wildman–Crippen MR) is 82.5 cm³/mol. The van der Waals surface area contributed by atoms with Crippen LogP contribution in [0.2, 0.25) is 0 Å². The minimum absolute atomic E-state index is 0.384. The monoisotopic (exact) mass is 372 g/mol. The standard InChI is InChI=1S/C14H10BrFN2O.CH2F2/c1-9-7-10(4-5-11(9)15)18-13-3-2-6-17(13)12(16)8-14(18)19;2-1-3/h2-8H,1H3;1H2. The van der Waals surface area contributed by atoms with Crippen LogP contribution in [0.4, 0.5) is 13.2 Å². The first-order valence-electron chi connectivity index (χ1n) is 6.26. The van der Waals surface area contributed by atoms with Crippen molar-refractivity contribution in [1.82, 2.24) is 8.97 Å². The summed E-state index contributed by atoms with van der Waals surface area (Å²) in [6, 6.07) is 9.99. The molecule has 0 amide bonds. The maximum Gasteiger partial charge on any atom is 0.261 e. The maximum atomic E-state index is 13.7. The highest BCUT2D eigenvalue weighted by Gasteiger charge is 2.10. The highest BCUT2D eigenvalue weighted by molar-refractivity contribution is 9.10. The van der Waals surface area contributed by atoms with Gasteiger partial charge >= 0.3 is 0 Å². The fraction of sp³-hybridized carbons (Fsp3) is 0.133. The molecule has 0 saturated heterocycles. The summed E-state index contributed by atoms with van der Waals surface area (Å²) in [5.41, 5.74) is 1.85. The van der Waals surface area contributed by atoms with Crippen molar-refractivity contribution in [2.45, 2.75) is 6.92 Å². The van der Waals surface area contributed by atoms with Gasteiger partial charge in [-0.1, -0.05) is 15.9 Å². The van der Waals surface area contributed by atoms with Crippen molar-refractivity contribution in [3.63, 3.8) is 0 Å². The Morgan fingerprint density at radius 1 is 1.18 bits per heavy atom. The van der Waals surface area contributed by atoms with E-state index in [1.165, 1.54) is 8.97 Å². The fourth-order valence-corrected chi connectivity index (χ4v) is 2.36. The minimum Gasteiger partial charge on any atom is -0.279 e. The lowest BCUT2D eigenvalue weighted by atomic mass is 10.2. The zero-order chi connectivity index (χ0) is 16.3. The van der Waals surface area contributed by atoms with Crippen molar-refractivity contribution in [2.75, 3.05) is 6.93 Å². The summed E-state index contributed by atoms with van der Waals surface area (Å²) in [6.07, 6.45) is 1.59. The Morgan fingerprint density at radius 2 is 1.86 bits per heavy atom. The normalized spacial score (nSPS) is 10.4. The van der Waals surface area contributed by atoms with Gasteiger partial charge in [-0.2, -0.15) is 4.39 Å². The molecule has 3 nitrogen and oxygen atoms in total. The molecular weight excluding hydrogens is 361 g/mol. The molecule has 0 bridgehead atoms. The Hall–Kier alpha value is -2.02. The third kappa shape index (κ3) is 3.09. The van der Waals surface area contributed by atoms with Crippen LogP contribution in [0, 0.1) is 12.9 Å². The number of halogens is 4. The molecule has 0 N–H and O–H groups in total. The molecule has 0 unspecified atom stereocenters. The van der Waals surface area contributed by atoms with Crippen molar-refractivity contribution in [1.29, 1.82) is 0 Å². The Labute approximate surface area is 132 Å². The molecule has 0 saturated carbocycles. The van der Waals surface area contributed by atoms with E-state index in [-0.39, 0.29) is 5.56 Å². The van der Waals surface area contributed by atoms with Crippen molar-refractivity contribution >= 4 is 21.6 Å². The van der Waals surface area contributed by atoms with Crippen LogP contribution in [-0.4, -0.2) is 15.9 Å². The smallest absolute Gasteiger partial charge is 0.261 e. The summed E-state index contributed by atoms with van der Waals surface area (Å²) in [7, 11) is 0. The molecule has 0 spiro atoms. The van der Waals surface area contributed by atoms with Gasteiger partial charge in [0.1, 0.15) is 5.65 Å². The lowest BCUT2D eigenvalue weighted by molar-refractivity contribution is 0.295. The highest BCUT2D eigenvalue weighted by Crippen LogP contribution is 2.20. The van der Waals surface area contributed by atoms with Gasteiger partial charge in [0, 0.05) is 10.7 Å². The van der Waals surface area contributed by atoms with Gasteiger partial charge in [-0.05, 0) is 42.8 Å². The van der Waals surface area contributed by atoms with Gasteiger partial charge in [0.05, 0.1) is 11.8 Å². The van der Waals surface area contributed by atoms with E-state index in [1.54, 1.807) is 18.3 Å². The van der Waals surface area contributed by atoms with Gasteiger partial charge in [0.2, 0.25) is 12.9 Å². The highest BCUT2D eigenvalue weighted by atomic mass is 79.9. The van der Waals surface area contributed by atoms with Gasteiger partial charge in [0.25, 0.3) is 5.56 Å². The maximum absolute atomic E-state index is 13.7. The molecule has 116 valence electrons. The van der Waals surface area contributed by atoms with E-state index in [4.69, 9.17) is 0 Å². The van der Waals surface area contributed by atoms with E-state index in [0.29, 0.717) is 5.65 Å². The molecule has 0 atom stereocenters. The quantitative estimate of drug-likeness (QED) is 0.588. The minimum atomic E-state index is -1.75. The topological polar surface area (TPSA) is 26.4 Å². The second-order valence-corrected chi connectivity index (χ2v) is 5.27. The van der Waals surface area contributed by atoms with Crippen molar-refractivity contribution in [3.8, 4) is 5.69 Å². The summed E-state index contributed by atoms with van der Waals surface area (Å²) >= 11 is 3.42. The Bertz CT molecular complexity index is 858. The van der Waals surface area contributed by atoms with Crippen LogP contribution >= 0.6 is 15.9 Å². The average Bonchev–Trinajstić information content (AvgIpc) is 2.93. The number of hydrogen-bond acceptors (Lipinski definition) is 1. The molecule has 0 radical (unpaired) electrons. The van der Waals surface area contributed by atoms with Gasteiger partial charge in [-0.15, -0.1) is 0 Å². The third-order valence-corrected chi connectivity index (χ3v) is 3.94. The lowest BCUT2D eigenvalue weighted by Gasteiger charge is -2.10. The first kappa shape index (κ1) is 16.4. The molecule has 2 aromatic heterocycles. The van der Waals surface area contributed by atoms with Gasteiger partial charge in [-0.3, -0.25) is 13.8 Å². The number of alkyl halides is 2. The van der Waals surface area contributed by atoms with Gasteiger partial charge in [0.15, 0.2) is 0 Å². The van der Waals surface area contributed by atoms with E-state index in [9.17, 15) is 18.0 Å². The number of fused-ring (bicyclic) bond motifs is 1. The second kappa shape index (κ2) is 6.83. The van der Waals surface area contributed by atoms with Crippen LogP contribution < -0.4 is 5.56 Å². The zero-order valence-corrected chi connectivity index (χ0v) is 13.1. The molecule has 1 aromatic carbocycles. The molecule has 0 aliphatic rings. The number of aromatic nitrogens is 2. The number of aryl methyl sites for hydroxylation is 1. The Kier molecular flexibility index (Phi) is 5.07. The molecule has 3 aromatic rings.